The van der Waals surface area contributed by atoms with Crippen LogP contribution in [0.4, 0.5) is 4.39 Å². The van der Waals surface area contributed by atoms with Gasteiger partial charge in [-0.15, -0.1) is 10.2 Å². The number of rotatable bonds is 4. The number of fused-ring (bicyclic) bond motifs is 1. The maximum absolute atomic E-state index is 13.6. The number of carbonyl (C=O) groups excluding carboxylic acids is 1. The summed E-state index contributed by atoms with van der Waals surface area (Å²) in [5.41, 5.74) is 0.671. The van der Waals surface area contributed by atoms with Gasteiger partial charge in [0.15, 0.2) is 5.82 Å². The number of nitrogens with one attached hydrogen (secondary N) is 2. The van der Waals surface area contributed by atoms with Crippen LogP contribution in [-0.4, -0.2) is 38.1 Å². The zero-order valence-corrected chi connectivity index (χ0v) is 11.7. The number of carbonyl (C=O) groups is 1. The molecule has 0 spiro atoms. The van der Waals surface area contributed by atoms with Gasteiger partial charge in [-0.2, -0.15) is 5.21 Å². The minimum absolute atomic E-state index is 0.115. The molecule has 0 bridgehead atoms. The van der Waals surface area contributed by atoms with Crippen molar-refractivity contribution in [2.24, 2.45) is 0 Å². The summed E-state index contributed by atoms with van der Waals surface area (Å²) in [5.74, 6) is -0.478. The summed E-state index contributed by atoms with van der Waals surface area (Å²) >= 11 is 0. The number of H-pyrrole nitrogens is 1. The van der Waals surface area contributed by atoms with Crippen LogP contribution in [0, 0.1) is 5.82 Å². The third-order valence-corrected chi connectivity index (χ3v) is 3.29. The first-order chi connectivity index (χ1) is 10.6. The number of aromatic amines is 1. The van der Waals surface area contributed by atoms with Crippen LogP contribution in [0.15, 0.2) is 30.5 Å². The molecular weight excluding hydrogens is 287 g/mol. The zero-order chi connectivity index (χ0) is 15.5. The highest BCUT2D eigenvalue weighted by atomic mass is 19.1. The second kappa shape index (κ2) is 5.84. The maximum atomic E-state index is 13.6. The molecule has 1 amide bonds. The molecule has 0 radical (unpaired) electrons. The molecule has 2 heterocycles. The second-order valence-corrected chi connectivity index (χ2v) is 4.91. The lowest BCUT2D eigenvalue weighted by molar-refractivity contribution is 0.0952. The number of pyridine rings is 1. The fraction of sp³-hybridized carbons (Fsp3) is 0.214. The van der Waals surface area contributed by atoms with Crippen molar-refractivity contribution >= 4 is 16.8 Å². The number of benzene rings is 1. The summed E-state index contributed by atoms with van der Waals surface area (Å²) in [6.07, 6.45) is 1.57. The smallest absolute Gasteiger partial charge is 0.253 e. The van der Waals surface area contributed by atoms with E-state index in [1.807, 2.05) is 6.92 Å². The summed E-state index contributed by atoms with van der Waals surface area (Å²) in [7, 11) is 0. The van der Waals surface area contributed by atoms with E-state index in [0.717, 1.165) is 0 Å². The van der Waals surface area contributed by atoms with Gasteiger partial charge in [-0.05, 0) is 18.2 Å². The Bertz CT molecular complexity index is 804. The molecule has 0 aliphatic heterocycles. The fourth-order valence-electron chi connectivity index (χ4n) is 2.14. The molecule has 1 unspecified atom stereocenters. The molecule has 0 fully saturated rings. The minimum Gasteiger partial charge on any atom is -0.351 e. The summed E-state index contributed by atoms with van der Waals surface area (Å²) in [6.45, 7) is 2.16. The van der Waals surface area contributed by atoms with Gasteiger partial charge in [0.05, 0.1) is 11.1 Å². The third kappa shape index (κ3) is 2.76. The number of hydrogen-bond acceptors (Lipinski definition) is 5. The van der Waals surface area contributed by atoms with Crippen molar-refractivity contribution in [3.63, 3.8) is 0 Å². The molecule has 1 atom stereocenters. The van der Waals surface area contributed by atoms with E-state index in [1.165, 1.54) is 12.1 Å². The molecule has 0 aliphatic rings. The van der Waals surface area contributed by atoms with Crippen LogP contribution in [0.3, 0.4) is 0 Å². The maximum Gasteiger partial charge on any atom is 0.253 e. The first-order valence-electron chi connectivity index (χ1n) is 6.71. The van der Waals surface area contributed by atoms with E-state index in [9.17, 15) is 9.18 Å². The fourth-order valence-corrected chi connectivity index (χ4v) is 2.14. The van der Waals surface area contributed by atoms with Gasteiger partial charge in [0.25, 0.3) is 5.91 Å². The van der Waals surface area contributed by atoms with Crippen LogP contribution in [-0.2, 0) is 0 Å². The van der Waals surface area contributed by atoms with Crippen LogP contribution in [0.2, 0.25) is 0 Å². The van der Waals surface area contributed by atoms with Crippen molar-refractivity contribution in [2.75, 3.05) is 6.54 Å². The van der Waals surface area contributed by atoms with Gasteiger partial charge in [-0.1, -0.05) is 18.2 Å². The van der Waals surface area contributed by atoms with Gasteiger partial charge >= 0.3 is 0 Å². The van der Waals surface area contributed by atoms with E-state index in [1.54, 1.807) is 18.3 Å². The lowest BCUT2D eigenvalue weighted by atomic mass is 10.1. The second-order valence-electron chi connectivity index (χ2n) is 4.91. The number of halogens is 1. The molecule has 1 aromatic carbocycles. The SMILES string of the molecule is CC(CNC(=O)c1cc(F)cc2cccnc12)c1nn[nH]n1. The molecule has 3 aromatic rings. The van der Waals surface area contributed by atoms with E-state index in [2.05, 4.69) is 30.9 Å². The van der Waals surface area contributed by atoms with Crippen LogP contribution >= 0.6 is 0 Å². The number of tetrazole rings is 1. The van der Waals surface area contributed by atoms with E-state index < -0.39 is 11.7 Å². The summed E-state index contributed by atoms with van der Waals surface area (Å²) in [5, 5.41) is 16.9. The monoisotopic (exact) mass is 300 g/mol. The Balaban J connectivity index is 1.80. The van der Waals surface area contributed by atoms with Crippen LogP contribution in [0.25, 0.3) is 10.9 Å². The van der Waals surface area contributed by atoms with Gasteiger partial charge in [-0.25, -0.2) is 4.39 Å². The molecule has 7 nitrogen and oxygen atoms in total. The standard InChI is InChI=1S/C14H13FN6O/c1-8(13-18-20-21-19-13)7-17-14(22)11-6-10(15)5-9-3-2-4-16-12(9)11/h2-6,8H,7H2,1H3,(H,17,22)(H,18,19,20,21). The lowest BCUT2D eigenvalue weighted by Gasteiger charge is -2.10. The Labute approximate surface area is 124 Å². The van der Waals surface area contributed by atoms with Crippen molar-refractivity contribution in [2.45, 2.75) is 12.8 Å². The van der Waals surface area contributed by atoms with Gasteiger partial charge in [0.1, 0.15) is 5.82 Å². The number of nitrogens with zero attached hydrogens (tertiary/aromatic N) is 4. The first-order valence-corrected chi connectivity index (χ1v) is 6.71. The number of amides is 1. The number of aromatic nitrogens is 5. The van der Waals surface area contributed by atoms with E-state index >= 15 is 0 Å². The van der Waals surface area contributed by atoms with Crippen molar-refractivity contribution in [3.8, 4) is 0 Å². The molecule has 0 aliphatic carbocycles. The largest absolute Gasteiger partial charge is 0.351 e. The van der Waals surface area contributed by atoms with E-state index in [4.69, 9.17) is 0 Å². The third-order valence-electron chi connectivity index (χ3n) is 3.29. The predicted molar refractivity (Wildman–Crippen MR) is 76.6 cm³/mol. The normalized spacial score (nSPS) is 12.3. The highest BCUT2D eigenvalue weighted by Crippen LogP contribution is 2.18. The van der Waals surface area contributed by atoms with Crippen molar-refractivity contribution in [3.05, 3.63) is 47.7 Å². The Morgan fingerprint density at radius 2 is 2.32 bits per heavy atom. The molecular formula is C14H13FN6O. The average molecular weight is 300 g/mol. The molecule has 0 saturated carbocycles. The Morgan fingerprint density at radius 1 is 1.45 bits per heavy atom. The summed E-state index contributed by atoms with van der Waals surface area (Å²) in [4.78, 5) is 16.5. The first kappa shape index (κ1) is 14.1. The molecule has 0 saturated heterocycles. The summed E-state index contributed by atoms with van der Waals surface area (Å²) < 4.78 is 13.6. The lowest BCUT2D eigenvalue weighted by Crippen LogP contribution is -2.28. The summed E-state index contributed by atoms with van der Waals surface area (Å²) in [6, 6.07) is 5.94. The van der Waals surface area contributed by atoms with Gasteiger partial charge in [-0.3, -0.25) is 9.78 Å². The highest BCUT2D eigenvalue weighted by Gasteiger charge is 2.16. The van der Waals surface area contributed by atoms with E-state index in [-0.39, 0.29) is 11.5 Å². The van der Waals surface area contributed by atoms with Gasteiger partial charge in [0.2, 0.25) is 0 Å². The molecule has 112 valence electrons. The quantitative estimate of drug-likeness (QED) is 0.759. The van der Waals surface area contributed by atoms with Crippen LogP contribution in [0.1, 0.15) is 29.0 Å². The van der Waals surface area contributed by atoms with E-state index in [0.29, 0.717) is 23.3 Å². The van der Waals surface area contributed by atoms with Crippen LogP contribution in [0.5, 0.6) is 0 Å². The van der Waals surface area contributed by atoms with Crippen molar-refractivity contribution in [1.29, 1.82) is 0 Å². The van der Waals surface area contributed by atoms with Crippen molar-refractivity contribution < 1.29 is 9.18 Å². The average Bonchev–Trinajstić information content (AvgIpc) is 3.06. The van der Waals surface area contributed by atoms with Crippen LogP contribution < -0.4 is 5.32 Å². The van der Waals surface area contributed by atoms with Gasteiger partial charge < -0.3 is 5.32 Å². The number of hydrogen-bond donors (Lipinski definition) is 2. The molecule has 3 rings (SSSR count). The van der Waals surface area contributed by atoms with Crippen molar-refractivity contribution in [1.82, 2.24) is 30.9 Å². The predicted octanol–water partition coefficient (Wildman–Crippen LogP) is 1.42. The Kier molecular flexibility index (Phi) is 3.73. The zero-order valence-electron chi connectivity index (χ0n) is 11.7. The molecule has 2 aromatic heterocycles. The van der Waals surface area contributed by atoms with Gasteiger partial charge in [0, 0.05) is 24.0 Å². The molecule has 2 N–H and O–H groups in total. The Hall–Kier alpha value is -2.90. The minimum atomic E-state index is -0.475. The molecule has 8 heteroatoms. The topological polar surface area (TPSA) is 96.5 Å². The molecule has 22 heavy (non-hydrogen) atoms. The Morgan fingerprint density at radius 3 is 3.09 bits per heavy atom. The highest BCUT2D eigenvalue weighted by molar-refractivity contribution is 6.05.